The Morgan fingerprint density at radius 1 is 1.29 bits per heavy atom. The van der Waals surface area contributed by atoms with Crippen molar-refractivity contribution in [2.45, 2.75) is 24.5 Å². The van der Waals surface area contributed by atoms with Gasteiger partial charge < -0.3 is 5.26 Å². The maximum Gasteiger partial charge on any atom is 0.335 e. The van der Waals surface area contributed by atoms with Crippen LogP contribution in [-0.4, -0.2) is 36.8 Å². The van der Waals surface area contributed by atoms with E-state index in [1.165, 1.54) is 0 Å². The summed E-state index contributed by atoms with van der Waals surface area (Å²) < 4.78 is 53.9. The number of piperidine rings is 1. The zero-order chi connectivity index (χ0) is 12.9. The van der Waals surface area contributed by atoms with Crippen LogP contribution < -0.4 is 5.26 Å². The summed E-state index contributed by atoms with van der Waals surface area (Å²) in [6.45, 7) is 0.504. The number of hydrogen-bond donors (Lipinski definition) is 0. The van der Waals surface area contributed by atoms with Crippen molar-refractivity contribution in [1.29, 1.82) is 0 Å². The normalized spacial score (nSPS) is 19.5. The predicted octanol–water partition coefficient (Wildman–Crippen LogP) is 0.267. The van der Waals surface area contributed by atoms with E-state index in [4.69, 9.17) is 0 Å². The number of halogens is 2. The molecule has 6 nitrogen and oxygen atoms in total. The van der Waals surface area contributed by atoms with E-state index in [9.17, 15) is 22.5 Å². The predicted molar refractivity (Wildman–Crippen MR) is 53.9 cm³/mol. The highest BCUT2D eigenvalue weighted by Gasteiger charge is 2.40. The third kappa shape index (κ3) is 5.02. The summed E-state index contributed by atoms with van der Waals surface area (Å²) in [7, 11) is -4.05. The van der Waals surface area contributed by atoms with Gasteiger partial charge in [0.25, 0.3) is 0 Å². The second-order valence-corrected chi connectivity index (χ2v) is 6.44. The van der Waals surface area contributed by atoms with Gasteiger partial charge in [0.1, 0.15) is 17.8 Å². The molecule has 0 atom stereocenters. The molecule has 0 bridgehead atoms. The lowest BCUT2D eigenvalue weighted by Gasteiger charge is -2.27. The average molecular weight is 292 g/mol. The summed E-state index contributed by atoms with van der Waals surface area (Å²) in [5.41, 5.74) is 0. The van der Waals surface area contributed by atoms with Gasteiger partial charge in [-0.15, -0.1) is 0 Å². The molecule has 1 rings (SSSR count). The third-order valence-electron chi connectivity index (χ3n) is 2.24. The molecule has 10 heteroatoms. The lowest BCUT2D eigenvalue weighted by atomic mass is 10.2. The molecular weight excluding hydrogens is 280 g/mol. The Balaban J connectivity index is 2.58. The van der Waals surface area contributed by atoms with Gasteiger partial charge >= 0.3 is 5.25 Å². The topological polar surface area (TPSA) is 78.9 Å². The van der Waals surface area contributed by atoms with Crippen molar-refractivity contribution in [1.82, 2.24) is 4.31 Å². The summed E-state index contributed by atoms with van der Waals surface area (Å²) in [6.07, 6.45) is 2.22. The first-order chi connectivity index (χ1) is 7.87. The molecule has 1 heterocycles. The molecule has 0 unspecified atom stereocenters. The van der Waals surface area contributed by atoms with Crippen LogP contribution in [0.4, 0.5) is 8.78 Å². The molecule has 0 aliphatic carbocycles. The minimum absolute atomic E-state index is 0.252. The van der Waals surface area contributed by atoms with Gasteiger partial charge in [0.2, 0.25) is 10.0 Å². The standard InChI is InChI=1S/C7H13F2NO5S2/c8-7(9,16-15-14-11)6-17(12,13)10-4-2-1-3-5-10/h11H,1-6H2/p-1. The quantitative estimate of drug-likeness (QED) is 0.397. The van der Waals surface area contributed by atoms with E-state index in [2.05, 4.69) is 9.37 Å². The summed E-state index contributed by atoms with van der Waals surface area (Å²) >= 11 is -0.604. The van der Waals surface area contributed by atoms with Crippen LogP contribution in [0, 0.1) is 0 Å². The van der Waals surface area contributed by atoms with E-state index < -0.39 is 33.1 Å². The minimum atomic E-state index is -4.05. The molecule has 0 amide bonds. The number of hydrogen-bond acceptors (Lipinski definition) is 6. The molecule has 1 aliphatic heterocycles. The van der Waals surface area contributed by atoms with Gasteiger partial charge in [-0.05, 0) is 12.8 Å². The third-order valence-corrected chi connectivity index (χ3v) is 4.82. The highest BCUT2D eigenvalue weighted by Crippen LogP contribution is 2.32. The zero-order valence-electron chi connectivity index (χ0n) is 8.80. The summed E-state index contributed by atoms with van der Waals surface area (Å²) in [5.74, 6) is -1.41. The molecule has 1 aliphatic rings. The number of sulfonamides is 1. The van der Waals surface area contributed by atoms with Crippen LogP contribution in [-0.2, 0) is 19.4 Å². The molecule has 0 aromatic heterocycles. The van der Waals surface area contributed by atoms with Gasteiger partial charge in [-0.1, -0.05) is 6.42 Å². The number of alkyl halides is 2. The van der Waals surface area contributed by atoms with Crippen molar-refractivity contribution in [2.24, 2.45) is 0 Å². The van der Waals surface area contributed by atoms with Crippen LogP contribution in [0.2, 0.25) is 0 Å². The SMILES string of the molecule is O=S(=O)(CC(F)(F)SOO[O-])N1CCCCC1. The minimum Gasteiger partial charge on any atom is -0.691 e. The monoisotopic (exact) mass is 292 g/mol. The molecule has 1 saturated heterocycles. The molecule has 0 spiro atoms. The van der Waals surface area contributed by atoms with Gasteiger partial charge in [0, 0.05) is 13.1 Å². The maximum absolute atomic E-state index is 13.1. The van der Waals surface area contributed by atoms with Crippen molar-refractivity contribution < 1.29 is 31.8 Å². The Morgan fingerprint density at radius 2 is 1.88 bits per heavy atom. The van der Waals surface area contributed by atoms with E-state index >= 15 is 0 Å². The second kappa shape index (κ2) is 6.25. The first kappa shape index (κ1) is 15.1. The molecule has 1 fully saturated rings. The van der Waals surface area contributed by atoms with Crippen LogP contribution >= 0.6 is 12.0 Å². The van der Waals surface area contributed by atoms with E-state index in [0.717, 1.165) is 10.7 Å². The Labute approximate surface area is 102 Å². The van der Waals surface area contributed by atoms with Gasteiger partial charge in [-0.3, -0.25) is 5.04 Å². The van der Waals surface area contributed by atoms with Crippen LogP contribution in [0.1, 0.15) is 19.3 Å². The highest BCUT2D eigenvalue weighted by molar-refractivity contribution is 7.97. The fourth-order valence-electron chi connectivity index (χ4n) is 1.53. The summed E-state index contributed by atoms with van der Waals surface area (Å²) in [4.78, 5) is 0. The van der Waals surface area contributed by atoms with Gasteiger partial charge in [-0.2, -0.15) is 13.1 Å². The second-order valence-electron chi connectivity index (χ2n) is 3.57. The first-order valence-electron chi connectivity index (χ1n) is 4.87. The molecule has 0 N–H and O–H groups in total. The molecule has 0 saturated carbocycles. The van der Waals surface area contributed by atoms with Crippen molar-refractivity contribution in [2.75, 3.05) is 18.8 Å². The fourth-order valence-corrected chi connectivity index (χ4v) is 3.72. The summed E-state index contributed by atoms with van der Waals surface area (Å²) in [5, 5.41) is 8.45. The van der Waals surface area contributed by atoms with Gasteiger partial charge in [-0.25, -0.2) is 12.7 Å². The lowest BCUT2D eigenvalue weighted by molar-refractivity contribution is -0.777. The fraction of sp³-hybridized carbons (Fsp3) is 1.00. The molecule has 102 valence electrons. The maximum atomic E-state index is 13.1. The molecule has 0 aromatic rings. The van der Waals surface area contributed by atoms with Crippen molar-refractivity contribution >= 4 is 22.1 Å². The number of nitrogens with zero attached hydrogens (tertiary/aromatic N) is 1. The average Bonchev–Trinajstić information content (AvgIpc) is 2.26. The first-order valence-corrected chi connectivity index (χ1v) is 7.22. The molecule has 17 heavy (non-hydrogen) atoms. The molecule has 0 radical (unpaired) electrons. The zero-order valence-corrected chi connectivity index (χ0v) is 10.4. The van der Waals surface area contributed by atoms with E-state index in [0.29, 0.717) is 12.8 Å². The largest absolute Gasteiger partial charge is 0.691 e. The lowest BCUT2D eigenvalue weighted by Crippen LogP contribution is -2.41. The van der Waals surface area contributed by atoms with Crippen molar-refractivity contribution in [3.05, 3.63) is 0 Å². The van der Waals surface area contributed by atoms with E-state index in [-0.39, 0.29) is 13.1 Å². The van der Waals surface area contributed by atoms with Crippen molar-refractivity contribution in [3.63, 3.8) is 0 Å². The Hall–Kier alpha value is -0.0000000000000000971. The van der Waals surface area contributed by atoms with Crippen molar-refractivity contribution in [3.8, 4) is 0 Å². The molecule has 0 aromatic carbocycles. The number of rotatable bonds is 6. The van der Waals surface area contributed by atoms with Crippen LogP contribution in [0.3, 0.4) is 0 Å². The van der Waals surface area contributed by atoms with Crippen LogP contribution in [0.5, 0.6) is 0 Å². The van der Waals surface area contributed by atoms with Crippen LogP contribution in [0.25, 0.3) is 0 Å². The van der Waals surface area contributed by atoms with E-state index in [1.807, 2.05) is 0 Å². The molecular formula is C7H12F2NO5S2-. The Morgan fingerprint density at radius 3 is 2.41 bits per heavy atom. The smallest absolute Gasteiger partial charge is 0.335 e. The van der Waals surface area contributed by atoms with Gasteiger partial charge in [0.15, 0.2) is 0 Å². The summed E-state index contributed by atoms with van der Waals surface area (Å²) in [6, 6.07) is 0. The highest BCUT2D eigenvalue weighted by atomic mass is 32.2. The van der Waals surface area contributed by atoms with Crippen LogP contribution in [0.15, 0.2) is 0 Å². The van der Waals surface area contributed by atoms with E-state index in [1.54, 1.807) is 0 Å². The Kier molecular flexibility index (Phi) is 5.54. The Bertz CT molecular complexity index is 331. The van der Waals surface area contributed by atoms with Gasteiger partial charge in [0.05, 0.1) is 0 Å².